The quantitative estimate of drug-likeness (QED) is 0.734. The van der Waals surface area contributed by atoms with E-state index in [1.54, 1.807) is 0 Å². The highest BCUT2D eigenvalue weighted by molar-refractivity contribution is 5.76. The van der Waals surface area contributed by atoms with Crippen molar-refractivity contribution in [1.82, 2.24) is 5.32 Å². The number of benzene rings is 1. The normalized spacial score (nSPS) is 19.9. The lowest BCUT2D eigenvalue weighted by Gasteiger charge is -2.29. The van der Waals surface area contributed by atoms with Crippen molar-refractivity contribution < 1.29 is 19.1 Å². The highest BCUT2D eigenvalue weighted by atomic mass is 16.5. The van der Waals surface area contributed by atoms with Gasteiger partial charge in [0.15, 0.2) is 0 Å². The number of hydrogen-bond donors (Lipinski definition) is 1. The van der Waals surface area contributed by atoms with Crippen LogP contribution in [-0.2, 0) is 20.7 Å². The van der Waals surface area contributed by atoms with Crippen LogP contribution in [0.3, 0.4) is 0 Å². The van der Waals surface area contributed by atoms with Crippen molar-refractivity contribution in [3.8, 4) is 5.75 Å². The number of carbonyl (C=O) groups is 2. The summed E-state index contributed by atoms with van der Waals surface area (Å²) in [5.41, 5.74) is 1.26. The number of rotatable bonds is 8. The molecule has 1 N–H and O–H groups in total. The fourth-order valence-corrected chi connectivity index (χ4v) is 3.33. The lowest BCUT2D eigenvalue weighted by molar-refractivity contribution is -0.148. The number of ether oxygens (including phenoxy) is 2. The summed E-state index contributed by atoms with van der Waals surface area (Å²) in [4.78, 5) is 23.9. The molecule has 2 unspecified atom stereocenters. The fraction of sp³-hybridized carbons (Fsp3) is 0.600. The van der Waals surface area contributed by atoms with Gasteiger partial charge in [0.2, 0.25) is 5.91 Å². The summed E-state index contributed by atoms with van der Waals surface area (Å²) in [6.45, 7) is 2.99. The number of esters is 1. The van der Waals surface area contributed by atoms with Crippen molar-refractivity contribution >= 4 is 11.9 Å². The average molecular weight is 347 g/mol. The Kier molecular flexibility index (Phi) is 7.76. The third-order valence-corrected chi connectivity index (χ3v) is 4.90. The Morgan fingerprint density at radius 1 is 1.16 bits per heavy atom. The van der Waals surface area contributed by atoms with Gasteiger partial charge in [0.1, 0.15) is 5.75 Å². The first-order valence-electron chi connectivity index (χ1n) is 9.20. The maximum Gasteiger partial charge on any atom is 0.309 e. The molecular weight excluding hydrogens is 318 g/mol. The van der Waals surface area contributed by atoms with Gasteiger partial charge >= 0.3 is 5.97 Å². The number of methoxy groups -OCH3 is 1. The zero-order valence-electron chi connectivity index (χ0n) is 15.3. The molecule has 0 aliphatic heterocycles. The molecule has 0 saturated heterocycles. The van der Waals surface area contributed by atoms with Crippen molar-refractivity contribution in [3.05, 3.63) is 29.8 Å². The predicted octanol–water partition coefficient (Wildman–Crippen LogP) is 3.11. The van der Waals surface area contributed by atoms with Gasteiger partial charge in [-0.25, -0.2) is 0 Å². The van der Waals surface area contributed by atoms with Gasteiger partial charge in [-0.1, -0.05) is 31.9 Å². The minimum atomic E-state index is -0.155. The second-order valence-electron chi connectivity index (χ2n) is 6.57. The largest absolute Gasteiger partial charge is 0.493 e. The standard InChI is InChI=1S/C20H29NO4/c1-3-15-8-10-17(11-9-15)25-13-12-19(22)21-14-16-6-4-5-7-18(16)20(23)24-2/h8-11,16,18H,3-7,12-14H2,1-2H3,(H,21,22). The first-order valence-corrected chi connectivity index (χ1v) is 9.20. The van der Waals surface area contributed by atoms with Crippen molar-refractivity contribution in [3.63, 3.8) is 0 Å². The number of nitrogens with one attached hydrogen (secondary N) is 1. The molecule has 2 rings (SSSR count). The van der Waals surface area contributed by atoms with E-state index in [1.807, 2.05) is 24.3 Å². The van der Waals surface area contributed by atoms with Crippen molar-refractivity contribution in [2.24, 2.45) is 11.8 Å². The molecule has 1 amide bonds. The second kappa shape index (κ2) is 10.1. The van der Waals surface area contributed by atoms with E-state index < -0.39 is 0 Å². The summed E-state index contributed by atoms with van der Waals surface area (Å²) < 4.78 is 10.5. The Hall–Kier alpha value is -2.04. The first-order chi connectivity index (χ1) is 12.1. The Bertz CT molecular complexity index is 555. The molecular formula is C20H29NO4. The van der Waals surface area contributed by atoms with E-state index in [-0.39, 0.29) is 23.7 Å². The van der Waals surface area contributed by atoms with E-state index in [9.17, 15) is 9.59 Å². The van der Waals surface area contributed by atoms with Gasteiger partial charge in [-0.3, -0.25) is 9.59 Å². The second-order valence-corrected chi connectivity index (χ2v) is 6.57. The summed E-state index contributed by atoms with van der Waals surface area (Å²) in [6.07, 6.45) is 5.27. The fourth-order valence-electron chi connectivity index (χ4n) is 3.33. The molecule has 1 aromatic carbocycles. The molecule has 2 atom stereocenters. The van der Waals surface area contributed by atoms with Crippen LogP contribution in [0.2, 0.25) is 0 Å². The number of carbonyl (C=O) groups excluding carboxylic acids is 2. The van der Waals surface area contributed by atoms with E-state index in [0.717, 1.165) is 37.9 Å². The van der Waals surface area contributed by atoms with Crippen LogP contribution in [0.5, 0.6) is 5.75 Å². The molecule has 0 aromatic heterocycles. The van der Waals surface area contributed by atoms with Crippen LogP contribution in [0.15, 0.2) is 24.3 Å². The zero-order valence-corrected chi connectivity index (χ0v) is 15.3. The summed E-state index contributed by atoms with van der Waals surface area (Å²) in [5.74, 6) is 0.667. The van der Waals surface area contributed by atoms with Gasteiger partial charge in [-0.2, -0.15) is 0 Å². The van der Waals surface area contributed by atoms with Gasteiger partial charge in [-0.15, -0.1) is 0 Å². The van der Waals surface area contributed by atoms with Gasteiger partial charge < -0.3 is 14.8 Å². The van der Waals surface area contributed by atoms with E-state index in [0.29, 0.717) is 19.6 Å². The minimum absolute atomic E-state index is 0.0423. The molecule has 1 aromatic rings. The van der Waals surface area contributed by atoms with Crippen LogP contribution >= 0.6 is 0 Å². The van der Waals surface area contributed by atoms with Gasteiger partial charge in [-0.05, 0) is 42.9 Å². The van der Waals surface area contributed by atoms with Crippen molar-refractivity contribution in [2.75, 3.05) is 20.3 Å². The van der Waals surface area contributed by atoms with Crippen LogP contribution in [-0.4, -0.2) is 32.1 Å². The zero-order chi connectivity index (χ0) is 18.1. The molecule has 25 heavy (non-hydrogen) atoms. The lowest BCUT2D eigenvalue weighted by Crippen LogP contribution is -2.38. The molecule has 1 saturated carbocycles. The Morgan fingerprint density at radius 2 is 1.88 bits per heavy atom. The van der Waals surface area contributed by atoms with Crippen LogP contribution in [0.25, 0.3) is 0 Å². The smallest absolute Gasteiger partial charge is 0.309 e. The third-order valence-electron chi connectivity index (χ3n) is 4.90. The van der Waals surface area contributed by atoms with Crippen LogP contribution in [0, 0.1) is 11.8 Å². The van der Waals surface area contributed by atoms with Crippen molar-refractivity contribution in [2.45, 2.75) is 45.4 Å². The van der Waals surface area contributed by atoms with Crippen LogP contribution in [0.4, 0.5) is 0 Å². The molecule has 5 heteroatoms. The summed E-state index contributed by atoms with van der Waals surface area (Å²) in [6, 6.07) is 7.93. The van der Waals surface area contributed by atoms with E-state index in [1.165, 1.54) is 12.7 Å². The number of amides is 1. The minimum Gasteiger partial charge on any atom is -0.493 e. The molecule has 0 spiro atoms. The molecule has 1 fully saturated rings. The number of aryl methyl sites for hydroxylation is 1. The first kappa shape index (κ1) is 19.3. The molecule has 5 nitrogen and oxygen atoms in total. The Morgan fingerprint density at radius 3 is 2.56 bits per heavy atom. The van der Waals surface area contributed by atoms with E-state index in [4.69, 9.17) is 9.47 Å². The summed E-state index contributed by atoms with van der Waals surface area (Å²) in [7, 11) is 1.43. The van der Waals surface area contributed by atoms with Gasteiger partial charge in [0, 0.05) is 6.54 Å². The van der Waals surface area contributed by atoms with Gasteiger partial charge in [0.05, 0.1) is 26.1 Å². The maximum absolute atomic E-state index is 12.0. The van der Waals surface area contributed by atoms with E-state index >= 15 is 0 Å². The molecule has 0 bridgehead atoms. The Balaban J connectivity index is 1.69. The third kappa shape index (κ3) is 6.07. The highest BCUT2D eigenvalue weighted by Crippen LogP contribution is 2.30. The van der Waals surface area contributed by atoms with Crippen molar-refractivity contribution in [1.29, 1.82) is 0 Å². The predicted molar refractivity (Wildman–Crippen MR) is 96.4 cm³/mol. The molecule has 0 radical (unpaired) electrons. The SMILES string of the molecule is CCc1ccc(OCCC(=O)NCC2CCCCC2C(=O)OC)cc1. The highest BCUT2D eigenvalue weighted by Gasteiger charge is 2.31. The van der Waals surface area contributed by atoms with Crippen LogP contribution < -0.4 is 10.1 Å². The molecule has 1 aliphatic carbocycles. The molecule has 0 heterocycles. The van der Waals surface area contributed by atoms with Gasteiger partial charge in [0.25, 0.3) is 0 Å². The molecule has 138 valence electrons. The van der Waals surface area contributed by atoms with Crippen LogP contribution in [0.1, 0.15) is 44.6 Å². The van der Waals surface area contributed by atoms with E-state index in [2.05, 4.69) is 12.2 Å². The topological polar surface area (TPSA) is 64.6 Å². The average Bonchev–Trinajstić information content (AvgIpc) is 2.66. The summed E-state index contributed by atoms with van der Waals surface area (Å²) >= 11 is 0. The molecule has 1 aliphatic rings. The maximum atomic E-state index is 12.0. The summed E-state index contributed by atoms with van der Waals surface area (Å²) in [5, 5.41) is 2.94. The Labute approximate surface area is 150 Å². The number of hydrogen-bond acceptors (Lipinski definition) is 4. The monoisotopic (exact) mass is 347 g/mol. The lowest BCUT2D eigenvalue weighted by atomic mass is 9.79.